The third-order valence-electron chi connectivity index (χ3n) is 5.32. The maximum absolute atomic E-state index is 13.5. The second-order valence-corrected chi connectivity index (χ2v) is 9.95. The Labute approximate surface area is 212 Å². The summed E-state index contributed by atoms with van der Waals surface area (Å²) < 4.78 is 10.7. The molecule has 0 unspecified atom stereocenters. The summed E-state index contributed by atoms with van der Waals surface area (Å²) in [5, 5.41) is 3.97. The van der Waals surface area contributed by atoms with E-state index in [1.54, 1.807) is 37.3 Å². The molecule has 0 radical (unpaired) electrons. The van der Waals surface area contributed by atoms with Gasteiger partial charge in [0.25, 0.3) is 0 Å². The number of nitrogens with zero attached hydrogens (tertiary/aromatic N) is 1. The fourth-order valence-electron chi connectivity index (χ4n) is 3.64. The summed E-state index contributed by atoms with van der Waals surface area (Å²) >= 11 is 12.4. The summed E-state index contributed by atoms with van der Waals surface area (Å²) in [6.07, 6.45) is 1.18. The molecular formula is C26H34Cl2N2O4. The molecule has 0 aliphatic rings. The number of carbonyl (C=O) groups excluding carboxylic acids is 2. The number of rotatable bonds is 10. The summed E-state index contributed by atoms with van der Waals surface area (Å²) in [5.41, 5.74) is 1.24. The summed E-state index contributed by atoms with van der Waals surface area (Å²) in [5.74, 6) is 0.894. The molecule has 0 heterocycles. The van der Waals surface area contributed by atoms with Crippen LogP contribution in [0.3, 0.4) is 0 Å². The van der Waals surface area contributed by atoms with E-state index in [0.29, 0.717) is 34.4 Å². The third-order valence-corrected chi connectivity index (χ3v) is 5.90. The van der Waals surface area contributed by atoms with Gasteiger partial charge in [0.1, 0.15) is 6.04 Å². The number of aryl methyl sites for hydroxylation is 1. The predicted octanol–water partition coefficient (Wildman–Crippen LogP) is 5.67. The number of benzene rings is 2. The largest absolute Gasteiger partial charge is 0.493 e. The molecule has 0 saturated heterocycles. The molecule has 0 aliphatic carbocycles. The van der Waals surface area contributed by atoms with Crippen molar-refractivity contribution in [3.05, 3.63) is 57.6 Å². The van der Waals surface area contributed by atoms with Gasteiger partial charge in [0.2, 0.25) is 11.8 Å². The third kappa shape index (κ3) is 7.81. The van der Waals surface area contributed by atoms with Crippen LogP contribution in [0.1, 0.15) is 51.7 Å². The zero-order chi connectivity index (χ0) is 25.5. The van der Waals surface area contributed by atoms with Gasteiger partial charge in [0.05, 0.1) is 14.2 Å². The molecule has 0 spiro atoms. The molecule has 0 fully saturated rings. The molecule has 0 saturated carbocycles. The highest BCUT2D eigenvalue weighted by Gasteiger charge is 2.30. The van der Waals surface area contributed by atoms with Crippen LogP contribution in [0.2, 0.25) is 10.0 Å². The van der Waals surface area contributed by atoms with Crippen molar-refractivity contribution in [1.82, 2.24) is 10.2 Å². The number of amides is 2. The summed E-state index contributed by atoms with van der Waals surface area (Å²) in [7, 11) is 3.15. The second-order valence-electron chi connectivity index (χ2n) is 9.11. The average molecular weight is 509 g/mol. The van der Waals surface area contributed by atoms with Crippen molar-refractivity contribution in [3.8, 4) is 11.5 Å². The first kappa shape index (κ1) is 27.8. The van der Waals surface area contributed by atoms with Gasteiger partial charge in [-0.05, 0) is 69.0 Å². The highest BCUT2D eigenvalue weighted by Crippen LogP contribution is 2.29. The highest BCUT2D eigenvalue weighted by atomic mass is 35.5. The lowest BCUT2D eigenvalue weighted by Crippen LogP contribution is -2.53. The van der Waals surface area contributed by atoms with Crippen LogP contribution in [0, 0.1) is 0 Å². The molecule has 0 aromatic heterocycles. The summed E-state index contributed by atoms with van der Waals surface area (Å²) in [6.45, 7) is 7.84. The van der Waals surface area contributed by atoms with Crippen molar-refractivity contribution < 1.29 is 19.1 Å². The smallest absolute Gasteiger partial charge is 0.243 e. The second kappa shape index (κ2) is 12.3. The van der Waals surface area contributed by atoms with Crippen molar-refractivity contribution in [2.24, 2.45) is 0 Å². The standard InChI is InChI=1S/C26H34Cl2N2O4/c1-7-21(25(32)29-26(2,3)4)30(16-18-10-11-19(27)15-20(18)28)24(31)13-9-17-8-12-22(33-5)23(14-17)34-6/h8,10-12,14-15,21H,7,9,13,16H2,1-6H3,(H,29,32)/t21-/m1/s1. The van der Waals surface area contributed by atoms with Gasteiger partial charge in [-0.15, -0.1) is 0 Å². The Kier molecular flexibility index (Phi) is 10.1. The fraction of sp³-hybridized carbons (Fsp3) is 0.462. The predicted molar refractivity (Wildman–Crippen MR) is 137 cm³/mol. The Morgan fingerprint density at radius 2 is 1.71 bits per heavy atom. The van der Waals surface area contributed by atoms with E-state index in [2.05, 4.69) is 5.32 Å². The van der Waals surface area contributed by atoms with Gasteiger partial charge < -0.3 is 19.7 Å². The van der Waals surface area contributed by atoms with E-state index in [1.165, 1.54) is 0 Å². The van der Waals surface area contributed by atoms with Crippen LogP contribution in [0.4, 0.5) is 0 Å². The van der Waals surface area contributed by atoms with Crippen LogP contribution in [-0.2, 0) is 22.6 Å². The fourth-order valence-corrected chi connectivity index (χ4v) is 4.11. The molecule has 0 bridgehead atoms. The highest BCUT2D eigenvalue weighted by molar-refractivity contribution is 6.35. The van der Waals surface area contributed by atoms with E-state index < -0.39 is 11.6 Å². The molecule has 8 heteroatoms. The number of ether oxygens (including phenoxy) is 2. The molecule has 2 amide bonds. The zero-order valence-electron chi connectivity index (χ0n) is 20.7. The Balaban J connectivity index is 2.29. The Hall–Kier alpha value is -2.44. The molecule has 34 heavy (non-hydrogen) atoms. The zero-order valence-corrected chi connectivity index (χ0v) is 22.2. The van der Waals surface area contributed by atoms with Crippen LogP contribution in [0.15, 0.2) is 36.4 Å². The monoisotopic (exact) mass is 508 g/mol. The first-order chi connectivity index (χ1) is 16.0. The molecule has 1 N–H and O–H groups in total. The normalized spacial score (nSPS) is 12.1. The molecule has 1 atom stereocenters. The molecule has 0 aliphatic heterocycles. The average Bonchev–Trinajstić information content (AvgIpc) is 2.77. The van der Waals surface area contributed by atoms with E-state index in [0.717, 1.165) is 11.1 Å². The van der Waals surface area contributed by atoms with Gasteiger partial charge in [-0.1, -0.05) is 42.3 Å². The Morgan fingerprint density at radius 3 is 2.26 bits per heavy atom. The first-order valence-corrected chi connectivity index (χ1v) is 12.0. The summed E-state index contributed by atoms with van der Waals surface area (Å²) in [6, 6.07) is 10.1. The van der Waals surface area contributed by atoms with E-state index in [9.17, 15) is 9.59 Å². The van der Waals surface area contributed by atoms with Gasteiger partial charge >= 0.3 is 0 Å². The number of carbonyl (C=O) groups is 2. The molecule has 2 aromatic carbocycles. The van der Waals surface area contributed by atoms with Gasteiger partial charge in [-0.2, -0.15) is 0 Å². The van der Waals surface area contributed by atoms with Crippen molar-refractivity contribution in [2.45, 2.75) is 65.1 Å². The van der Waals surface area contributed by atoms with Crippen LogP contribution in [-0.4, -0.2) is 42.5 Å². The maximum Gasteiger partial charge on any atom is 0.243 e. The van der Waals surface area contributed by atoms with E-state index in [-0.39, 0.29) is 24.8 Å². The lowest BCUT2D eigenvalue weighted by Gasteiger charge is -2.33. The number of halogens is 2. The minimum atomic E-state index is -0.635. The van der Waals surface area contributed by atoms with Crippen molar-refractivity contribution >= 4 is 35.0 Å². The van der Waals surface area contributed by atoms with Gasteiger partial charge in [-0.3, -0.25) is 9.59 Å². The lowest BCUT2D eigenvalue weighted by molar-refractivity contribution is -0.142. The number of hydrogen-bond donors (Lipinski definition) is 1. The first-order valence-electron chi connectivity index (χ1n) is 11.2. The van der Waals surface area contributed by atoms with E-state index in [4.69, 9.17) is 32.7 Å². The molecule has 2 rings (SSSR count). The van der Waals surface area contributed by atoms with Crippen LogP contribution >= 0.6 is 23.2 Å². The van der Waals surface area contributed by atoms with Gasteiger partial charge in [0.15, 0.2) is 11.5 Å². The molecule has 6 nitrogen and oxygen atoms in total. The molecule has 186 valence electrons. The SMILES string of the molecule is CC[C@H](C(=O)NC(C)(C)C)N(Cc1ccc(Cl)cc1Cl)C(=O)CCc1ccc(OC)c(OC)c1. The number of hydrogen-bond acceptors (Lipinski definition) is 4. The van der Waals surface area contributed by atoms with E-state index >= 15 is 0 Å². The van der Waals surface area contributed by atoms with Crippen molar-refractivity contribution in [1.29, 1.82) is 0 Å². The minimum absolute atomic E-state index is 0.142. The molecule has 2 aromatic rings. The van der Waals surface area contributed by atoms with Crippen LogP contribution in [0.25, 0.3) is 0 Å². The van der Waals surface area contributed by atoms with Gasteiger partial charge in [0, 0.05) is 28.5 Å². The van der Waals surface area contributed by atoms with Crippen LogP contribution in [0.5, 0.6) is 11.5 Å². The number of methoxy groups -OCH3 is 2. The van der Waals surface area contributed by atoms with E-state index in [1.807, 2.05) is 45.9 Å². The van der Waals surface area contributed by atoms with Gasteiger partial charge in [-0.25, -0.2) is 0 Å². The minimum Gasteiger partial charge on any atom is -0.493 e. The topological polar surface area (TPSA) is 67.9 Å². The molecular weight excluding hydrogens is 475 g/mol. The summed E-state index contributed by atoms with van der Waals surface area (Å²) in [4.78, 5) is 28.2. The van der Waals surface area contributed by atoms with Crippen molar-refractivity contribution in [3.63, 3.8) is 0 Å². The van der Waals surface area contributed by atoms with Crippen molar-refractivity contribution in [2.75, 3.05) is 14.2 Å². The number of nitrogens with one attached hydrogen (secondary N) is 1. The van der Waals surface area contributed by atoms with Crippen LogP contribution < -0.4 is 14.8 Å². The Bertz CT molecular complexity index is 1000. The lowest BCUT2D eigenvalue weighted by atomic mass is 10.0. The Morgan fingerprint density at radius 1 is 1.03 bits per heavy atom. The quantitative estimate of drug-likeness (QED) is 0.449. The maximum atomic E-state index is 13.5.